The maximum absolute atomic E-state index is 12.3. The Bertz CT molecular complexity index is 795. The van der Waals surface area contributed by atoms with Crippen molar-refractivity contribution in [1.82, 2.24) is 5.32 Å². The Kier molecular flexibility index (Phi) is 4.61. The third-order valence-corrected chi connectivity index (χ3v) is 3.74. The zero-order valence-electron chi connectivity index (χ0n) is 13.6. The largest absolute Gasteiger partial charge is 0.466 e. The number of nitrogens with one attached hydrogen (secondary N) is 1. The maximum atomic E-state index is 12.3. The van der Waals surface area contributed by atoms with Crippen LogP contribution in [0.15, 0.2) is 28.7 Å². The molecule has 24 heavy (non-hydrogen) atoms. The van der Waals surface area contributed by atoms with Crippen molar-refractivity contribution in [3.8, 4) is 0 Å². The lowest BCUT2D eigenvalue weighted by Crippen LogP contribution is -2.39. The molecule has 0 saturated heterocycles. The monoisotopic (exact) mass is 333 g/mol. The third kappa shape index (κ3) is 3.38. The molecule has 0 radical (unpaired) electrons. The highest BCUT2D eigenvalue weighted by atomic mass is 16.6. The summed E-state index contributed by atoms with van der Waals surface area (Å²) in [5.74, 6) is 0.605. The average molecular weight is 333 g/mol. The van der Waals surface area contributed by atoms with Crippen molar-refractivity contribution in [2.45, 2.75) is 26.4 Å². The number of furan rings is 1. The van der Waals surface area contributed by atoms with Crippen molar-refractivity contribution in [3.05, 3.63) is 57.0 Å². The van der Waals surface area contributed by atoms with Gasteiger partial charge in [-0.25, -0.2) is 0 Å². The van der Waals surface area contributed by atoms with Crippen molar-refractivity contribution in [2.24, 2.45) is 0 Å². The third-order valence-electron chi connectivity index (χ3n) is 3.74. The molecule has 0 aliphatic carbocycles. The topological polar surface area (TPSA) is 132 Å². The molecular formula is C16H19N3O5. The quantitative estimate of drug-likeness (QED) is 0.436. The van der Waals surface area contributed by atoms with Crippen LogP contribution in [0.1, 0.15) is 34.4 Å². The first kappa shape index (κ1) is 17.5. The standard InChI is InChI=1S/C16H19N3O5/c1-9-7-12(10(2)24-9)16(3,21)8-18-15(20)11-5-4-6-13(14(11)17)19(22)23/h4-7,21H,8,17H2,1-3H3,(H,18,20). The zero-order valence-corrected chi connectivity index (χ0v) is 13.6. The molecule has 0 bridgehead atoms. The highest BCUT2D eigenvalue weighted by Crippen LogP contribution is 2.27. The molecule has 1 atom stereocenters. The number of nitro groups is 1. The minimum atomic E-state index is -1.35. The summed E-state index contributed by atoms with van der Waals surface area (Å²) in [7, 11) is 0. The van der Waals surface area contributed by atoms with Crippen LogP contribution in [0.4, 0.5) is 11.4 Å². The van der Waals surface area contributed by atoms with Crippen LogP contribution < -0.4 is 11.1 Å². The number of benzene rings is 1. The van der Waals surface area contributed by atoms with Gasteiger partial charge < -0.3 is 20.6 Å². The fraction of sp³-hybridized carbons (Fsp3) is 0.312. The number of hydrogen-bond donors (Lipinski definition) is 3. The van der Waals surface area contributed by atoms with E-state index in [0.29, 0.717) is 17.1 Å². The predicted molar refractivity (Wildman–Crippen MR) is 87.6 cm³/mol. The lowest BCUT2D eigenvalue weighted by Gasteiger charge is -2.23. The van der Waals surface area contributed by atoms with Crippen molar-refractivity contribution in [2.75, 3.05) is 12.3 Å². The van der Waals surface area contributed by atoms with Gasteiger partial charge in [-0.1, -0.05) is 6.07 Å². The summed E-state index contributed by atoms with van der Waals surface area (Å²) in [6.45, 7) is 4.92. The highest BCUT2D eigenvalue weighted by molar-refractivity contribution is 6.01. The van der Waals surface area contributed by atoms with Crippen LogP contribution in [0.2, 0.25) is 0 Å². The smallest absolute Gasteiger partial charge is 0.292 e. The van der Waals surface area contributed by atoms with E-state index in [4.69, 9.17) is 10.2 Å². The fourth-order valence-electron chi connectivity index (χ4n) is 2.52. The number of para-hydroxylation sites is 1. The van der Waals surface area contributed by atoms with E-state index in [1.54, 1.807) is 26.8 Å². The van der Waals surface area contributed by atoms with Crippen LogP contribution in [0.5, 0.6) is 0 Å². The highest BCUT2D eigenvalue weighted by Gasteiger charge is 2.29. The average Bonchev–Trinajstić information content (AvgIpc) is 2.84. The number of rotatable bonds is 5. The molecule has 128 valence electrons. The fourth-order valence-corrected chi connectivity index (χ4v) is 2.52. The number of nitrogens with two attached hydrogens (primary N) is 1. The van der Waals surface area contributed by atoms with Crippen LogP contribution in [-0.2, 0) is 5.60 Å². The molecule has 0 aliphatic rings. The van der Waals surface area contributed by atoms with Gasteiger partial charge in [-0.05, 0) is 32.9 Å². The predicted octanol–water partition coefficient (Wildman–Crippen LogP) is 2.02. The van der Waals surface area contributed by atoms with Gasteiger partial charge in [-0.3, -0.25) is 14.9 Å². The molecule has 1 amide bonds. The van der Waals surface area contributed by atoms with Crippen LogP contribution in [0, 0.1) is 24.0 Å². The van der Waals surface area contributed by atoms with E-state index in [1.165, 1.54) is 18.2 Å². The number of aliphatic hydroxyl groups is 1. The van der Waals surface area contributed by atoms with Crippen molar-refractivity contribution in [3.63, 3.8) is 0 Å². The van der Waals surface area contributed by atoms with Crippen LogP contribution in [0.3, 0.4) is 0 Å². The number of amides is 1. The Labute approximate surface area is 138 Å². The SMILES string of the molecule is Cc1cc(C(C)(O)CNC(=O)c2cccc([N+](=O)[O-])c2N)c(C)o1. The van der Waals surface area contributed by atoms with Gasteiger partial charge in [0.2, 0.25) is 0 Å². The second-order valence-electron chi connectivity index (χ2n) is 5.78. The van der Waals surface area contributed by atoms with Crippen LogP contribution >= 0.6 is 0 Å². The summed E-state index contributed by atoms with van der Waals surface area (Å²) in [4.78, 5) is 22.5. The lowest BCUT2D eigenvalue weighted by molar-refractivity contribution is -0.383. The molecular weight excluding hydrogens is 314 g/mol. The van der Waals surface area contributed by atoms with E-state index in [0.717, 1.165) is 0 Å². The number of nitrogens with zero attached hydrogens (tertiary/aromatic N) is 1. The Morgan fingerprint density at radius 3 is 2.67 bits per heavy atom. The number of anilines is 1. The van der Waals surface area contributed by atoms with Crippen molar-refractivity contribution in [1.29, 1.82) is 0 Å². The minimum absolute atomic E-state index is 0.0138. The molecule has 2 aromatic rings. The molecule has 2 rings (SSSR count). The molecule has 1 aromatic heterocycles. The summed E-state index contributed by atoms with van der Waals surface area (Å²) in [6, 6.07) is 5.69. The van der Waals surface area contributed by atoms with Gasteiger partial charge in [0.05, 0.1) is 17.0 Å². The molecule has 0 aliphatic heterocycles. The summed E-state index contributed by atoms with van der Waals surface area (Å²) >= 11 is 0. The molecule has 1 heterocycles. The number of carbonyl (C=O) groups is 1. The van der Waals surface area contributed by atoms with Gasteiger partial charge in [-0.2, -0.15) is 0 Å². The number of nitro benzene ring substituents is 1. The molecule has 8 nitrogen and oxygen atoms in total. The minimum Gasteiger partial charge on any atom is -0.466 e. The zero-order chi connectivity index (χ0) is 18.1. The molecule has 8 heteroatoms. The first-order valence-corrected chi connectivity index (χ1v) is 7.24. The van der Waals surface area contributed by atoms with Crippen LogP contribution in [0.25, 0.3) is 0 Å². The Morgan fingerprint density at radius 2 is 2.12 bits per heavy atom. The Morgan fingerprint density at radius 1 is 1.46 bits per heavy atom. The number of aryl methyl sites for hydroxylation is 2. The Hall–Kier alpha value is -2.87. The van der Waals surface area contributed by atoms with Gasteiger partial charge in [0.15, 0.2) is 0 Å². The maximum Gasteiger partial charge on any atom is 0.292 e. The first-order valence-electron chi connectivity index (χ1n) is 7.24. The van der Waals surface area contributed by atoms with E-state index in [-0.39, 0.29) is 23.5 Å². The second-order valence-corrected chi connectivity index (χ2v) is 5.78. The lowest BCUT2D eigenvalue weighted by atomic mass is 9.96. The molecule has 0 fully saturated rings. The summed E-state index contributed by atoms with van der Waals surface area (Å²) < 4.78 is 5.39. The Balaban J connectivity index is 2.18. The van der Waals surface area contributed by atoms with E-state index in [2.05, 4.69) is 5.32 Å². The number of nitrogen functional groups attached to an aromatic ring is 1. The molecule has 1 unspecified atom stereocenters. The normalized spacial score (nSPS) is 13.3. The van der Waals surface area contributed by atoms with Gasteiger partial charge in [-0.15, -0.1) is 0 Å². The molecule has 0 saturated carbocycles. The van der Waals surface area contributed by atoms with E-state index in [9.17, 15) is 20.0 Å². The molecule has 4 N–H and O–H groups in total. The summed E-state index contributed by atoms with van der Waals surface area (Å²) in [5, 5.41) is 24.0. The van der Waals surface area contributed by atoms with E-state index < -0.39 is 16.4 Å². The first-order chi connectivity index (χ1) is 11.1. The van der Waals surface area contributed by atoms with Gasteiger partial charge in [0, 0.05) is 11.6 Å². The number of hydrogen-bond acceptors (Lipinski definition) is 6. The van der Waals surface area contributed by atoms with Gasteiger partial charge in [0.25, 0.3) is 11.6 Å². The van der Waals surface area contributed by atoms with E-state index in [1.807, 2.05) is 0 Å². The van der Waals surface area contributed by atoms with E-state index >= 15 is 0 Å². The second kappa shape index (κ2) is 6.32. The molecule has 0 spiro atoms. The molecule has 1 aromatic carbocycles. The van der Waals surface area contributed by atoms with Gasteiger partial charge >= 0.3 is 0 Å². The van der Waals surface area contributed by atoms with Crippen molar-refractivity contribution >= 4 is 17.3 Å². The number of carbonyl (C=O) groups excluding carboxylic acids is 1. The van der Waals surface area contributed by atoms with Gasteiger partial charge in [0.1, 0.15) is 22.8 Å². The van der Waals surface area contributed by atoms with Crippen LogP contribution in [-0.4, -0.2) is 22.5 Å². The summed E-state index contributed by atoms with van der Waals surface area (Å²) in [6.07, 6.45) is 0. The van der Waals surface area contributed by atoms with Crippen molar-refractivity contribution < 1.29 is 19.2 Å². The summed E-state index contributed by atoms with van der Waals surface area (Å²) in [5.41, 5.74) is 4.33.